The molecule has 0 saturated heterocycles. The molecular weight excluding hydrogens is 318 g/mol. The van der Waals surface area contributed by atoms with Crippen molar-refractivity contribution in [3.05, 3.63) is 0 Å². The highest BCUT2D eigenvalue weighted by molar-refractivity contribution is 5.78. The Balaban J connectivity index is 3.12. The summed E-state index contributed by atoms with van der Waals surface area (Å²) < 4.78 is 0. The van der Waals surface area contributed by atoms with Crippen molar-refractivity contribution in [2.24, 2.45) is 5.92 Å². The Labute approximate surface area is 165 Å². The number of rotatable bonds is 20. The van der Waals surface area contributed by atoms with Gasteiger partial charge in [-0.25, -0.2) is 0 Å². The van der Waals surface area contributed by atoms with E-state index in [1.165, 1.54) is 96.3 Å². The molecule has 0 aliphatic heterocycles. The fraction of sp³-hybridized carbons (Fsp3) is 0.958. The van der Waals surface area contributed by atoms with Gasteiger partial charge in [0.1, 0.15) is 0 Å². The van der Waals surface area contributed by atoms with E-state index in [1.54, 1.807) is 0 Å². The highest BCUT2D eigenvalue weighted by Gasteiger charge is 2.10. The zero-order chi connectivity index (χ0) is 19.3. The fourth-order valence-corrected chi connectivity index (χ4v) is 3.62. The Morgan fingerprint density at radius 1 is 0.615 bits per heavy atom. The van der Waals surface area contributed by atoms with Gasteiger partial charge in [0.05, 0.1) is 0 Å². The summed E-state index contributed by atoms with van der Waals surface area (Å²) in [6.45, 7) is 7.33. The van der Waals surface area contributed by atoms with Crippen LogP contribution >= 0.6 is 0 Å². The first-order chi connectivity index (χ1) is 12.7. The molecular formula is C24H49NO. The molecule has 0 bridgehead atoms. The SMILES string of the molecule is CCCCCCCCCCCCCCCCCCNC(=O)C(C)CCC. The van der Waals surface area contributed by atoms with Crippen LogP contribution in [0.3, 0.4) is 0 Å². The molecule has 1 atom stereocenters. The highest BCUT2D eigenvalue weighted by atomic mass is 16.1. The van der Waals surface area contributed by atoms with Crippen LogP contribution in [0.2, 0.25) is 0 Å². The summed E-state index contributed by atoms with van der Waals surface area (Å²) in [5, 5.41) is 3.08. The van der Waals surface area contributed by atoms with E-state index in [0.29, 0.717) is 0 Å². The molecule has 0 rings (SSSR count). The molecule has 1 unspecified atom stereocenters. The summed E-state index contributed by atoms with van der Waals surface area (Å²) in [6, 6.07) is 0. The lowest BCUT2D eigenvalue weighted by atomic mass is 10.0. The smallest absolute Gasteiger partial charge is 0.222 e. The third-order valence-corrected chi connectivity index (χ3v) is 5.50. The van der Waals surface area contributed by atoms with Crippen molar-refractivity contribution < 1.29 is 4.79 Å². The summed E-state index contributed by atoms with van der Waals surface area (Å²) in [6.07, 6.45) is 24.4. The first-order valence-corrected chi connectivity index (χ1v) is 12.0. The van der Waals surface area contributed by atoms with E-state index in [4.69, 9.17) is 0 Å². The minimum absolute atomic E-state index is 0.182. The fourth-order valence-electron chi connectivity index (χ4n) is 3.62. The molecule has 0 heterocycles. The van der Waals surface area contributed by atoms with Crippen LogP contribution in [0.25, 0.3) is 0 Å². The number of carbonyl (C=O) groups excluding carboxylic acids is 1. The number of hydrogen-bond donors (Lipinski definition) is 1. The topological polar surface area (TPSA) is 29.1 Å². The molecule has 26 heavy (non-hydrogen) atoms. The maximum Gasteiger partial charge on any atom is 0.222 e. The van der Waals surface area contributed by atoms with Gasteiger partial charge in [0.15, 0.2) is 0 Å². The van der Waals surface area contributed by atoms with Gasteiger partial charge in [0, 0.05) is 12.5 Å². The summed E-state index contributed by atoms with van der Waals surface area (Å²) in [4.78, 5) is 11.8. The van der Waals surface area contributed by atoms with Crippen LogP contribution in [0.15, 0.2) is 0 Å². The van der Waals surface area contributed by atoms with Crippen molar-refractivity contribution in [2.75, 3.05) is 6.54 Å². The van der Waals surface area contributed by atoms with Crippen LogP contribution < -0.4 is 5.32 Å². The molecule has 0 aromatic rings. The summed E-state index contributed by atoms with van der Waals surface area (Å²) in [5.41, 5.74) is 0. The molecule has 2 nitrogen and oxygen atoms in total. The number of unbranched alkanes of at least 4 members (excludes halogenated alkanes) is 15. The van der Waals surface area contributed by atoms with Crippen molar-refractivity contribution in [3.8, 4) is 0 Å². The monoisotopic (exact) mass is 367 g/mol. The van der Waals surface area contributed by atoms with E-state index >= 15 is 0 Å². The number of nitrogens with one attached hydrogen (secondary N) is 1. The lowest BCUT2D eigenvalue weighted by Crippen LogP contribution is -2.29. The largest absolute Gasteiger partial charge is 0.356 e. The van der Waals surface area contributed by atoms with E-state index in [1.807, 2.05) is 6.92 Å². The van der Waals surface area contributed by atoms with Crippen LogP contribution in [0, 0.1) is 5.92 Å². The van der Waals surface area contributed by atoms with Crippen molar-refractivity contribution >= 4 is 5.91 Å². The maximum absolute atomic E-state index is 11.8. The molecule has 0 fully saturated rings. The number of amides is 1. The van der Waals surface area contributed by atoms with Crippen molar-refractivity contribution in [2.45, 2.75) is 136 Å². The molecule has 0 saturated carbocycles. The average molecular weight is 368 g/mol. The zero-order valence-electron chi connectivity index (χ0n) is 18.4. The van der Waals surface area contributed by atoms with Crippen molar-refractivity contribution in [3.63, 3.8) is 0 Å². The summed E-state index contributed by atoms with van der Waals surface area (Å²) >= 11 is 0. The number of carbonyl (C=O) groups is 1. The Kier molecular flexibility index (Phi) is 20.4. The maximum atomic E-state index is 11.8. The van der Waals surface area contributed by atoms with Crippen LogP contribution in [0.1, 0.15) is 136 Å². The summed E-state index contributed by atoms with van der Waals surface area (Å²) in [5.74, 6) is 0.425. The van der Waals surface area contributed by atoms with E-state index < -0.39 is 0 Å². The second-order valence-electron chi connectivity index (χ2n) is 8.28. The molecule has 156 valence electrons. The zero-order valence-corrected chi connectivity index (χ0v) is 18.4. The van der Waals surface area contributed by atoms with Gasteiger partial charge < -0.3 is 5.32 Å². The van der Waals surface area contributed by atoms with Gasteiger partial charge in [-0.3, -0.25) is 4.79 Å². The molecule has 0 aromatic heterocycles. The van der Waals surface area contributed by atoms with Gasteiger partial charge in [-0.05, 0) is 12.8 Å². The van der Waals surface area contributed by atoms with Gasteiger partial charge in [0.2, 0.25) is 5.91 Å². The molecule has 0 aliphatic rings. The van der Waals surface area contributed by atoms with Gasteiger partial charge in [-0.2, -0.15) is 0 Å². The van der Waals surface area contributed by atoms with Gasteiger partial charge in [-0.15, -0.1) is 0 Å². The third-order valence-electron chi connectivity index (χ3n) is 5.50. The Morgan fingerprint density at radius 3 is 1.38 bits per heavy atom. The second kappa shape index (κ2) is 20.8. The highest BCUT2D eigenvalue weighted by Crippen LogP contribution is 2.13. The van der Waals surface area contributed by atoms with E-state index in [-0.39, 0.29) is 11.8 Å². The van der Waals surface area contributed by atoms with Crippen molar-refractivity contribution in [1.82, 2.24) is 5.32 Å². The minimum Gasteiger partial charge on any atom is -0.356 e. The van der Waals surface area contributed by atoms with Gasteiger partial charge in [0.25, 0.3) is 0 Å². The quantitative estimate of drug-likeness (QED) is 0.218. The first kappa shape index (κ1) is 25.5. The predicted molar refractivity (Wildman–Crippen MR) is 117 cm³/mol. The molecule has 1 N–H and O–H groups in total. The summed E-state index contributed by atoms with van der Waals surface area (Å²) in [7, 11) is 0. The van der Waals surface area contributed by atoms with E-state index in [2.05, 4.69) is 19.2 Å². The normalized spacial score (nSPS) is 12.3. The Hall–Kier alpha value is -0.530. The Bertz CT molecular complexity index is 290. The first-order valence-electron chi connectivity index (χ1n) is 12.0. The molecule has 0 aromatic carbocycles. The molecule has 0 radical (unpaired) electrons. The van der Waals surface area contributed by atoms with Gasteiger partial charge in [-0.1, -0.05) is 124 Å². The second-order valence-corrected chi connectivity index (χ2v) is 8.28. The lowest BCUT2D eigenvalue weighted by Gasteiger charge is -2.10. The molecule has 2 heteroatoms. The van der Waals surface area contributed by atoms with Crippen molar-refractivity contribution in [1.29, 1.82) is 0 Å². The third kappa shape index (κ3) is 18.3. The van der Waals surface area contributed by atoms with Crippen LogP contribution in [-0.2, 0) is 4.79 Å². The van der Waals surface area contributed by atoms with Gasteiger partial charge >= 0.3 is 0 Å². The van der Waals surface area contributed by atoms with E-state index in [0.717, 1.165) is 25.8 Å². The lowest BCUT2D eigenvalue weighted by molar-refractivity contribution is -0.124. The predicted octanol–water partition coefficient (Wildman–Crippen LogP) is 7.80. The van der Waals surface area contributed by atoms with E-state index in [9.17, 15) is 4.79 Å². The molecule has 1 amide bonds. The molecule has 0 spiro atoms. The standard InChI is InChI=1S/C24H49NO/c1-4-6-7-8-9-10-11-12-13-14-15-16-17-18-19-20-22-25-24(26)23(3)21-5-2/h23H,4-22H2,1-3H3,(H,25,26). The minimum atomic E-state index is 0.182. The average Bonchev–Trinajstić information content (AvgIpc) is 2.64. The number of hydrogen-bond acceptors (Lipinski definition) is 1. The molecule has 0 aliphatic carbocycles. The Morgan fingerprint density at radius 2 is 1.00 bits per heavy atom. The van der Waals surface area contributed by atoms with Crippen LogP contribution in [0.4, 0.5) is 0 Å². The van der Waals surface area contributed by atoms with Crippen LogP contribution in [-0.4, -0.2) is 12.5 Å². The van der Waals surface area contributed by atoms with Crippen LogP contribution in [0.5, 0.6) is 0 Å².